The normalized spacial score (nSPS) is 18.5. The number of aldehydes is 2. The molecule has 1 fully saturated rings. The standard InChI is InChI=1S/C68H123F3N12O12/c1-25-49(63(92)77(19)48(17)62(91)82(24)67(38-85,36-42(8)9)76-51(37-84)43(10)11)74-60(89)56(57(86)45(14)31-33-83-32-27-26-28-54(83)68(69,70)71)80(22)66(95)55(44(12)13)79(21)64(93)52(30-29-39(2)3)78(20)53(35-41(6)7)65(94)81(23)61(90)47(16)73-46(15)58(87)75-59(88)50(72-18)34-40(4)5/h37-57,72-73,76,86H,25-36H2,1-24H3,(H,74,89)(H,75,87,88)/t45-,46-,47+,48-,49-,50?,51-,52+,53-,54?,55+,56-,57-,67-/m1/s1. The molecule has 548 valence electrons. The number of likely N-dealkylation sites (tertiary alicyclic amines) is 1. The molecule has 1 heterocycles. The summed E-state index contributed by atoms with van der Waals surface area (Å²) in [6.07, 6.45) is -3.03. The number of alkyl halides is 3. The highest BCUT2D eigenvalue weighted by Crippen LogP contribution is 2.33. The van der Waals surface area contributed by atoms with Gasteiger partial charge in [-0.15, -0.1) is 0 Å². The maximum atomic E-state index is 15.5. The molecule has 1 saturated heterocycles. The van der Waals surface area contributed by atoms with Crippen LogP contribution >= 0.6 is 0 Å². The molecule has 14 atom stereocenters. The lowest BCUT2D eigenvalue weighted by atomic mass is 9.90. The molecule has 1 rings (SSSR count). The van der Waals surface area contributed by atoms with E-state index in [9.17, 15) is 56.6 Å². The first-order chi connectivity index (χ1) is 43.8. The predicted octanol–water partition coefficient (Wildman–Crippen LogP) is 4.83. The molecule has 27 heteroatoms. The Kier molecular flexibility index (Phi) is 36.7. The zero-order chi connectivity index (χ0) is 73.6. The van der Waals surface area contributed by atoms with Crippen LogP contribution in [0.2, 0.25) is 0 Å². The quantitative estimate of drug-likeness (QED) is 0.0354. The fourth-order valence-corrected chi connectivity index (χ4v) is 12.4. The van der Waals surface area contributed by atoms with Crippen LogP contribution in [0.15, 0.2) is 0 Å². The van der Waals surface area contributed by atoms with E-state index in [4.69, 9.17) is 0 Å². The van der Waals surface area contributed by atoms with Gasteiger partial charge in [-0.1, -0.05) is 103 Å². The molecule has 0 bridgehead atoms. The van der Waals surface area contributed by atoms with Gasteiger partial charge in [0.1, 0.15) is 36.5 Å². The minimum Gasteiger partial charge on any atom is -0.390 e. The molecule has 9 amide bonds. The number of imide groups is 2. The van der Waals surface area contributed by atoms with Crippen molar-refractivity contribution in [1.29, 1.82) is 0 Å². The molecule has 0 aromatic rings. The summed E-state index contributed by atoms with van der Waals surface area (Å²) in [7, 11) is 9.92. The van der Waals surface area contributed by atoms with Crippen LogP contribution in [0.1, 0.15) is 182 Å². The summed E-state index contributed by atoms with van der Waals surface area (Å²) >= 11 is 0. The van der Waals surface area contributed by atoms with Crippen LogP contribution < -0.4 is 26.6 Å². The van der Waals surface area contributed by atoms with Crippen molar-refractivity contribution in [1.82, 2.24) is 60.9 Å². The van der Waals surface area contributed by atoms with E-state index in [1.165, 1.54) is 70.7 Å². The second-order valence-corrected chi connectivity index (χ2v) is 29.0. The molecule has 2 unspecified atom stereocenters. The van der Waals surface area contributed by atoms with Crippen LogP contribution in [-0.2, 0) is 52.7 Å². The molecule has 6 N–H and O–H groups in total. The molecule has 0 radical (unpaired) electrons. The molecule has 0 spiro atoms. The van der Waals surface area contributed by atoms with E-state index in [0.29, 0.717) is 38.3 Å². The van der Waals surface area contributed by atoms with Gasteiger partial charge in [0.15, 0.2) is 11.9 Å². The zero-order valence-corrected chi connectivity index (χ0v) is 61.8. The van der Waals surface area contributed by atoms with E-state index < -0.39 is 149 Å². The third-order valence-electron chi connectivity index (χ3n) is 18.7. The van der Waals surface area contributed by atoms with E-state index in [-0.39, 0.29) is 81.2 Å². The van der Waals surface area contributed by atoms with Gasteiger partial charge in [-0.3, -0.25) is 78.6 Å². The smallest absolute Gasteiger partial charge is 0.390 e. The minimum absolute atomic E-state index is 0.0495. The Balaban J connectivity index is 3.95. The van der Waals surface area contributed by atoms with Gasteiger partial charge in [-0.2, -0.15) is 13.2 Å². The lowest BCUT2D eigenvalue weighted by Gasteiger charge is -2.43. The number of hydrogen-bond donors (Lipinski definition) is 6. The number of aliphatic hydroxyl groups is 1. The number of nitrogens with one attached hydrogen (secondary N) is 5. The monoisotopic (exact) mass is 1360 g/mol. The van der Waals surface area contributed by atoms with Crippen molar-refractivity contribution in [3.63, 3.8) is 0 Å². The number of carbonyl (C=O) groups excluding carboxylic acids is 11. The maximum Gasteiger partial charge on any atom is 0.404 e. The number of piperidine rings is 1. The maximum absolute atomic E-state index is 15.5. The van der Waals surface area contributed by atoms with E-state index >= 15 is 14.4 Å². The number of hydrogen-bond acceptors (Lipinski definition) is 17. The topological polar surface area (TPSA) is 291 Å². The van der Waals surface area contributed by atoms with Gasteiger partial charge >= 0.3 is 6.18 Å². The summed E-state index contributed by atoms with van der Waals surface area (Å²) in [6, 6.07) is -13.4. The molecule has 0 saturated carbocycles. The Morgan fingerprint density at radius 1 is 0.600 bits per heavy atom. The molecule has 0 aromatic heterocycles. The van der Waals surface area contributed by atoms with E-state index in [0.717, 1.165) is 14.7 Å². The molecule has 1 aliphatic rings. The number of aliphatic hydroxyl groups excluding tert-OH is 1. The van der Waals surface area contributed by atoms with Gasteiger partial charge < -0.3 is 40.1 Å². The van der Waals surface area contributed by atoms with Crippen molar-refractivity contribution >= 4 is 65.7 Å². The highest BCUT2D eigenvalue weighted by Gasteiger charge is 2.48. The third-order valence-corrected chi connectivity index (χ3v) is 18.7. The van der Waals surface area contributed by atoms with Crippen molar-refractivity contribution in [2.75, 3.05) is 62.4 Å². The molecule has 1 aliphatic heterocycles. The molecule has 0 aromatic carbocycles. The second-order valence-electron chi connectivity index (χ2n) is 29.0. The van der Waals surface area contributed by atoms with Crippen molar-refractivity contribution in [3.8, 4) is 0 Å². The van der Waals surface area contributed by atoms with E-state index in [1.807, 2.05) is 55.4 Å². The molecular formula is C68H123F3N12O12. The number of rotatable bonds is 40. The van der Waals surface area contributed by atoms with Crippen molar-refractivity contribution < 1.29 is 71.0 Å². The summed E-state index contributed by atoms with van der Waals surface area (Å²) < 4.78 is 43.0. The molecular weight excluding hydrogens is 1230 g/mol. The average molecular weight is 1360 g/mol. The van der Waals surface area contributed by atoms with Crippen LogP contribution in [0.25, 0.3) is 0 Å². The molecule has 0 aliphatic carbocycles. The van der Waals surface area contributed by atoms with Gasteiger partial charge in [-0.05, 0) is 147 Å². The predicted molar refractivity (Wildman–Crippen MR) is 360 cm³/mol. The summed E-state index contributed by atoms with van der Waals surface area (Å²) in [6.45, 7) is 29.7. The van der Waals surface area contributed by atoms with Gasteiger partial charge in [0, 0.05) is 35.2 Å². The van der Waals surface area contributed by atoms with E-state index in [1.54, 1.807) is 60.5 Å². The van der Waals surface area contributed by atoms with Crippen molar-refractivity contribution in [2.45, 2.75) is 266 Å². The van der Waals surface area contributed by atoms with Crippen LogP contribution in [0.3, 0.4) is 0 Å². The first-order valence-corrected chi connectivity index (χ1v) is 34.2. The van der Waals surface area contributed by atoms with Crippen LogP contribution in [0.4, 0.5) is 13.2 Å². The lowest BCUT2D eigenvalue weighted by Crippen LogP contribution is -2.67. The molecule has 95 heavy (non-hydrogen) atoms. The van der Waals surface area contributed by atoms with Crippen molar-refractivity contribution in [2.24, 2.45) is 41.4 Å². The fraction of sp³-hybridized carbons (Fsp3) is 0.838. The van der Waals surface area contributed by atoms with Crippen LogP contribution in [-0.4, -0.2) is 252 Å². The van der Waals surface area contributed by atoms with Crippen LogP contribution in [0, 0.1) is 41.4 Å². The Morgan fingerprint density at radius 3 is 1.64 bits per heavy atom. The Morgan fingerprint density at radius 2 is 1.17 bits per heavy atom. The summed E-state index contributed by atoms with van der Waals surface area (Å²) in [4.78, 5) is 164. The first kappa shape index (κ1) is 87.5. The zero-order valence-electron chi connectivity index (χ0n) is 61.8. The Hall–Kier alpha value is -5.48. The summed E-state index contributed by atoms with van der Waals surface area (Å²) in [5.41, 5.74) is -1.67. The summed E-state index contributed by atoms with van der Waals surface area (Å²) in [5.74, 6) is -8.46. The van der Waals surface area contributed by atoms with Crippen LogP contribution in [0.5, 0.6) is 0 Å². The minimum atomic E-state index is -4.52. The number of likely N-dealkylation sites (N-methyl/N-ethyl adjacent to an activating group) is 7. The molecule has 24 nitrogen and oxygen atoms in total. The Bertz CT molecular complexity index is 2520. The largest absolute Gasteiger partial charge is 0.404 e. The number of carbonyl (C=O) groups is 11. The Labute approximate surface area is 565 Å². The second kappa shape index (κ2) is 39.8. The van der Waals surface area contributed by atoms with Gasteiger partial charge in [0.2, 0.25) is 53.2 Å². The third kappa shape index (κ3) is 25.1. The van der Waals surface area contributed by atoms with Gasteiger partial charge in [0.25, 0.3) is 0 Å². The summed E-state index contributed by atoms with van der Waals surface area (Å²) in [5, 5.41) is 26.4. The number of nitrogens with zero attached hydrogens (tertiary/aromatic N) is 7. The fourth-order valence-electron chi connectivity index (χ4n) is 12.4. The van der Waals surface area contributed by atoms with E-state index in [2.05, 4.69) is 26.6 Å². The van der Waals surface area contributed by atoms with Gasteiger partial charge in [-0.25, -0.2) is 0 Å². The van der Waals surface area contributed by atoms with Crippen molar-refractivity contribution in [3.05, 3.63) is 0 Å². The highest BCUT2D eigenvalue weighted by atomic mass is 19.4. The lowest BCUT2D eigenvalue weighted by molar-refractivity contribution is -0.191. The average Bonchev–Trinajstić information content (AvgIpc) is 0.805. The number of halogens is 3. The van der Waals surface area contributed by atoms with Gasteiger partial charge in [0.05, 0.1) is 42.4 Å². The SMILES string of the molecule is CC[C@@H](NC(=O)[C@@H]([C@H](O)[C@H](C)CCN1CCCCC1C(F)(F)F)N(C)C(=O)[C@H](C(C)C)N(C)C(=O)[C@H](CCC(C)C)N(C)[C@H](CC(C)C)C(=O)N(C)C(=O)[C@H](C)N[C@H](C)C(=O)NC(=O)C(CC(C)C)NC)C(=O)N(C)[C@H](C)C(=O)N(C)[C@@](C=O)(CC(C)C)N[C@H](C=O)C(C)C. The highest BCUT2D eigenvalue weighted by molar-refractivity contribution is 6.02. The first-order valence-electron chi connectivity index (χ1n) is 34.2. The number of amides is 9.